The Labute approximate surface area is 184 Å². The molecule has 0 bridgehead atoms. The van der Waals surface area contributed by atoms with E-state index in [1.54, 1.807) is 35.2 Å². The molecule has 0 N–H and O–H groups in total. The minimum absolute atomic E-state index is 0.0530. The molecule has 1 amide bonds. The molecule has 1 aliphatic heterocycles. The molecule has 2 aromatic carbocycles. The van der Waals surface area contributed by atoms with E-state index in [1.165, 1.54) is 17.7 Å². The van der Waals surface area contributed by atoms with Crippen LogP contribution in [0.5, 0.6) is 0 Å². The predicted molar refractivity (Wildman–Crippen MR) is 122 cm³/mol. The van der Waals surface area contributed by atoms with Gasteiger partial charge in [-0.15, -0.1) is 11.8 Å². The minimum Gasteiger partial charge on any atom is -0.376 e. The quantitative estimate of drug-likeness (QED) is 0.419. The first kappa shape index (κ1) is 21.3. The number of hydrogen-bond donors (Lipinski definition) is 0. The molecule has 0 spiro atoms. The lowest BCUT2D eigenvalue weighted by molar-refractivity contribution is -0.118. The van der Waals surface area contributed by atoms with E-state index in [9.17, 15) is 9.18 Å². The number of carbonyl (C=O) groups is 1. The third kappa shape index (κ3) is 5.02. The van der Waals surface area contributed by atoms with Crippen molar-refractivity contribution in [2.24, 2.45) is 0 Å². The Balaban J connectivity index is 1.50. The van der Waals surface area contributed by atoms with E-state index in [0.29, 0.717) is 18.7 Å². The van der Waals surface area contributed by atoms with Gasteiger partial charge in [0.25, 0.3) is 0 Å². The van der Waals surface area contributed by atoms with Crippen molar-refractivity contribution in [3.8, 4) is 0 Å². The van der Waals surface area contributed by atoms with E-state index in [1.807, 2.05) is 4.90 Å². The van der Waals surface area contributed by atoms with Gasteiger partial charge >= 0.3 is 0 Å². The zero-order valence-corrected chi connectivity index (χ0v) is 18.6. The number of para-hydroxylation sites is 1. The molecule has 2 heterocycles. The van der Waals surface area contributed by atoms with Gasteiger partial charge in [0.05, 0.1) is 22.9 Å². The van der Waals surface area contributed by atoms with Gasteiger partial charge in [-0.25, -0.2) is 9.37 Å². The molecule has 1 fully saturated rings. The van der Waals surface area contributed by atoms with Crippen LogP contribution in [0.25, 0.3) is 10.2 Å². The second-order valence-corrected chi connectivity index (χ2v) is 9.48. The maximum atomic E-state index is 13.2. The highest BCUT2D eigenvalue weighted by molar-refractivity contribution is 7.99. The van der Waals surface area contributed by atoms with Gasteiger partial charge in [-0.2, -0.15) is 0 Å². The van der Waals surface area contributed by atoms with Gasteiger partial charge in [0.2, 0.25) is 5.91 Å². The summed E-state index contributed by atoms with van der Waals surface area (Å²) < 4.78 is 20.0. The van der Waals surface area contributed by atoms with Crippen molar-refractivity contribution >= 4 is 44.4 Å². The van der Waals surface area contributed by atoms with Crippen LogP contribution in [0.15, 0.2) is 47.4 Å². The van der Waals surface area contributed by atoms with E-state index < -0.39 is 0 Å². The van der Waals surface area contributed by atoms with Gasteiger partial charge in [0, 0.05) is 23.7 Å². The fourth-order valence-corrected chi connectivity index (χ4v) is 5.48. The van der Waals surface area contributed by atoms with Gasteiger partial charge in [-0.1, -0.05) is 30.4 Å². The molecule has 1 aliphatic rings. The number of thiazole rings is 1. The normalized spacial score (nSPS) is 16.3. The van der Waals surface area contributed by atoms with Crippen molar-refractivity contribution in [3.63, 3.8) is 0 Å². The van der Waals surface area contributed by atoms with Crippen molar-refractivity contribution in [2.75, 3.05) is 23.8 Å². The summed E-state index contributed by atoms with van der Waals surface area (Å²) in [5.74, 6) is 0.440. The van der Waals surface area contributed by atoms with E-state index in [2.05, 4.69) is 25.1 Å². The van der Waals surface area contributed by atoms with Crippen LogP contribution in [0.4, 0.5) is 9.52 Å². The Morgan fingerprint density at radius 2 is 2.13 bits per heavy atom. The first-order valence-corrected chi connectivity index (χ1v) is 12.1. The third-order valence-corrected chi connectivity index (χ3v) is 7.27. The number of amides is 1. The molecule has 1 atom stereocenters. The van der Waals surface area contributed by atoms with Crippen LogP contribution in [0.1, 0.15) is 31.7 Å². The smallest absolute Gasteiger partial charge is 0.229 e. The number of benzene rings is 2. The van der Waals surface area contributed by atoms with Gasteiger partial charge in [0.1, 0.15) is 5.82 Å². The maximum absolute atomic E-state index is 13.2. The Kier molecular flexibility index (Phi) is 7.02. The summed E-state index contributed by atoms with van der Waals surface area (Å²) >= 11 is 3.13. The number of aryl methyl sites for hydroxylation is 1. The Morgan fingerprint density at radius 3 is 2.87 bits per heavy atom. The third-order valence-electron chi connectivity index (χ3n) is 5.21. The van der Waals surface area contributed by atoms with Crippen molar-refractivity contribution in [1.82, 2.24) is 4.98 Å². The highest BCUT2D eigenvalue weighted by Gasteiger charge is 2.26. The first-order chi connectivity index (χ1) is 14.6. The topological polar surface area (TPSA) is 42.4 Å². The Hall–Kier alpha value is -1.96. The summed E-state index contributed by atoms with van der Waals surface area (Å²) in [7, 11) is 0. The molecule has 0 radical (unpaired) electrons. The number of halogens is 1. The molecule has 30 heavy (non-hydrogen) atoms. The van der Waals surface area contributed by atoms with Crippen molar-refractivity contribution in [2.45, 2.75) is 43.6 Å². The zero-order chi connectivity index (χ0) is 20.9. The number of aromatic nitrogens is 1. The summed E-state index contributed by atoms with van der Waals surface area (Å²) in [5, 5.41) is 0.748. The SMILES string of the molecule is CCc1cccc2sc(N(CC3CCCO3)C(=O)CCSc3ccc(F)cc3)nc12. The van der Waals surface area contributed by atoms with E-state index in [0.717, 1.165) is 46.1 Å². The summed E-state index contributed by atoms with van der Waals surface area (Å²) in [4.78, 5) is 20.8. The number of ether oxygens (including phenoxy) is 1. The van der Waals surface area contributed by atoms with Crippen LogP contribution in [-0.4, -0.2) is 35.9 Å². The Morgan fingerprint density at radius 1 is 1.30 bits per heavy atom. The first-order valence-electron chi connectivity index (χ1n) is 10.3. The standard InChI is InChI=1S/C23H25FN2O2S2/c1-2-16-5-3-7-20-22(16)25-23(30-20)26(15-18-6-4-13-28-18)21(27)12-14-29-19-10-8-17(24)9-11-19/h3,5,7-11,18H,2,4,6,12-15H2,1H3. The van der Waals surface area contributed by atoms with Crippen molar-refractivity contribution < 1.29 is 13.9 Å². The van der Waals surface area contributed by atoms with Crippen LogP contribution >= 0.6 is 23.1 Å². The second-order valence-electron chi connectivity index (χ2n) is 7.31. The minimum atomic E-state index is -0.250. The molecule has 1 unspecified atom stereocenters. The van der Waals surface area contributed by atoms with Crippen LogP contribution in [0.3, 0.4) is 0 Å². The number of fused-ring (bicyclic) bond motifs is 1. The van der Waals surface area contributed by atoms with Crippen LogP contribution < -0.4 is 4.90 Å². The molecule has 0 aliphatic carbocycles. The summed E-state index contributed by atoms with van der Waals surface area (Å²) in [5.41, 5.74) is 2.19. The fourth-order valence-electron chi connectivity index (χ4n) is 3.60. The van der Waals surface area contributed by atoms with Gasteiger partial charge in [-0.05, 0) is 55.2 Å². The number of carbonyl (C=O) groups excluding carboxylic acids is 1. The molecule has 1 saturated heterocycles. The largest absolute Gasteiger partial charge is 0.376 e. The van der Waals surface area contributed by atoms with E-state index >= 15 is 0 Å². The summed E-state index contributed by atoms with van der Waals surface area (Å²) in [6.07, 6.45) is 3.38. The molecular formula is C23H25FN2O2S2. The van der Waals surface area contributed by atoms with E-state index in [-0.39, 0.29) is 17.8 Å². The second kappa shape index (κ2) is 9.90. The van der Waals surface area contributed by atoms with E-state index in [4.69, 9.17) is 9.72 Å². The molecule has 158 valence electrons. The molecule has 1 aromatic heterocycles. The van der Waals surface area contributed by atoms with Crippen LogP contribution in [-0.2, 0) is 16.0 Å². The molecule has 0 saturated carbocycles. The zero-order valence-electron chi connectivity index (χ0n) is 17.0. The highest BCUT2D eigenvalue weighted by Crippen LogP contribution is 2.32. The predicted octanol–water partition coefficient (Wildman–Crippen LogP) is 5.69. The Bertz CT molecular complexity index is 1000. The van der Waals surface area contributed by atoms with Crippen LogP contribution in [0, 0.1) is 5.82 Å². The van der Waals surface area contributed by atoms with Crippen molar-refractivity contribution in [1.29, 1.82) is 0 Å². The summed E-state index contributed by atoms with van der Waals surface area (Å²) in [6.45, 7) is 3.42. The molecular weight excluding hydrogens is 419 g/mol. The number of nitrogens with zero attached hydrogens (tertiary/aromatic N) is 2. The number of hydrogen-bond acceptors (Lipinski definition) is 5. The van der Waals surface area contributed by atoms with Gasteiger partial charge in [-0.3, -0.25) is 9.69 Å². The molecule has 4 nitrogen and oxygen atoms in total. The average Bonchev–Trinajstić information content (AvgIpc) is 3.42. The van der Waals surface area contributed by atoms with Gasteiger partial charge in [0.15, 0.2) is 5.13 Å². The summed E-state index contributed by atoms with van der Waals surface area (Å²) in [6, 6.07) is 12.6. The molecule has 7 heteroatoms. The lowest BCUT2D eigenvalue weighted by Gasteiger charge is -2.23. The maximum Gasteiger partial charge on any atom is 0.229 e. The number of rotatable bonds is 8. The molecule has 4 rings (SSSR count). The average molecular weight is 445 g/mol. The molecule has 3 aromatic rings. The van der Waals surface area contributed by atoms with Crippen LogP contribution in [0.2, 0.25) is 0 Å². The lowest BCUT2D eigenvalue weighted by atomic mass is 10.1. The fraction of sp³-hybridized carbons (Fsp3) is 0.391. The lowest BCUT2D eigenvalue weighted by Crippen LogP contribution is -2.37. The monoisotopic (exact) mass is 444 g/mol. The van der Waals surface area contributed by atoms with Crippen molar-refractivity contribution in [3.05, 3.63) is 53.8 Å². The van der Waals surface area contributed by atoms with Gasteiger partial charge < -0.3 is 4.74 Å². The number of thioether (sulfide) groups is 1. The highest BCUT2D eigenvalue weighted by atomic mass is 32.2. The number of anilines is 1.